The number of carbonyl (C=O) groups excluding carboxylic acids is 1. The Morgan fingerprint density at radius 3 is 2.59 bits per heavy atom. The lowest BCUT2D eigenvalue weighted by Gasteiger charge is -2.26. The van der Waals surface area contributed by atoms with Crippen LogP contribution in [0.25, 0.3) is 11.0 Å². The van der Waals surface area contributed by atoms with Crippen molar-refractivity contribution < 1.29 is 18.7 Å². The summed E-state index contributed by atoms with van der Waals surface area (Å²) in [4.78, 5) is 29.3. The number of anilines is 1. The third-order valence-corrected chi connectivity index (χ3v) is 7.11. The van der Waals surface area contributed by atoms with Crippen molar-refractivity contribution in [1.82, 2.24) is 0 Å². The molecule has 190 valence electrons. The highest BCUT2D eigenvalue weighted by molar-refractivity contribution is 9.10. The lowest BCUT2D eigenvalue weighted by molar-refractivity contribution is 0.0971. The van der Waals surface area contributed by atoms with Crippen molar-refractivity contribution in [3.8, 4) is 11.5 Å². The van der Waals surface area contributed by atoms with Crippen LogP contribution in [0.5, 0.6) is 11.5 Å². The summed E-state index contributed by atoms with van der Waals surface area (Å²) >= 11 is 3.51. The zero-order valence-corrected chi connectivity index (χ0v) is 22.6. The van der Waals surface area contributed by atoms with Crippen molar-refractivity contribution in [1.29, 1.82) is 0 Å². The number of hydrogen-bond acceptors (Lipinski definition) is 5. The Morgan fingerprint density at radius 2 is 1.84 bits per heavy atom. The van der Waals surface area contributed by atoms with Crippen molar-refractivity contribution >= 4 is 38.5 Å². The molecule has 3 aromatic carbocycles. The molecule has 5 rings (SSSR count). The van der Waals surface area contributed by atoms with E-state index in [4.69, 9.17) is 13.9 Å². The zero-order valence-electron chi connectivity index (χ0n) is 21.0. The molecule has 1 aromatic heterocycles. The highest BCUT2D eigenvalue weighted by Crippen LogP contribution is 2.43. The average molecular weight is 562 g/mol. The van der Waals surface area contributed by atoms with Crippen LogP contribution >= 0.6 is 15.9 Å². The molecule has 1 aliphatic rings. The fraction of sp³-hybridized carbons (Fsp3) is 0.267. The maximum absolute atomic E-state index is 13.9. The Hall–Kier alpha value is -3.58. The minimum atomic E-state index is -0.694. The van der Waals surface area contributed by atoms with Gasteiger partial charge in [0.15, 0.2) is 16.9 Å². The molecular weight excluding hydrogens is 534 g/mol. The molecule has 1 amide bonds. The molecule has 0 radical (unpaired) electrons. The number of benzene rings is 3. The Morgan fingerprint density at radius 1 is 1.00 bits per heavy atom. The van der Waals surface area contributed by atoms with Crippen molar-refractivity contribution in [3.05, 3.63) is 97.8 Å². The number of fused-ring (bicyclic) bond motifs is 2. The molecule has 6 nitrogen and oxygen atoms in total. The Balaban J connectivity index is 1.68. The quantitative estimate of drug-likeness (QED) is 0.213. The summed E-state index contributed by atoms with van der Waals surface area (Å²) in [5.74, 6) is 0.869. The number of unbranched alkanes of at least 4 members (excludes halogenated alkanes) is 2. The molecule has 37 heavy (non-hydrogen) atoms. The van der Waals surface area contributed by atoms with Crippen LogP contribution < -0.4 is 19.8 Å². The van der Waals surface area contributed by atoms with Gasteiger partial charge < -0.3 is 13.9 Å². The lowest BCUT2D eigenvalue weighted by atomic mass is 9.97. The smallest absolute Gasteiger partial charge is 0.295 e. The summed E-state index contributed by atoms with van der Waals surface area (Å²) in [6, 6.07) is 17.7. The number of amides is 1. The first-order chi connectivity index (χ1) is 17.9. The van der Waals surface area contributed by atoms with Crippen molar-refractivity contribution in [3.63, 3.8) is 0 Å². The first kappa shape index (κ1) is 25.1. The van der Waals surface area contributed by atoms with E-state index < -0.39 is 6.04 Å². The second-order valence-electron chi connectivity index (χ2n) is 9.20. The zero-order chi connectivity index (χ0) is 26.1. The summed E-state index contributed by atoms with van der Waals surface area (Å²) in [7, 11) is 1.59. The number of carbonyl (C=O) groups is 1. The fourth-order valence-corrected chi connectivity index (χ4v) is 5.19. The van der Waals surface area contributed by atoms with Gasteiger partial charge in [0.05, 0.1) is 30.7 Å². The van der Waals surface area contributed by atoms with Gasteiger partial charge in [0, 0.05) is 10.2 Å². The topological polar surface area (TPSA) is 69.0 Å². The van der Waals surface area contributed by atoms with Crippen molar-refractivity contribution in [2.24, 2.45) is 0 Å². The molecule has 0 bridgehead atoms. The molecule has 7 heteroatoms. The van der Waals surface area contributed by atoms with Gasteiger partial charge in [-0.3, -0.25) is 14.5 Å². The highest BCUT2D eigenvalue weighted by Gasteiger charge is 2.44. The number of nitrogens with zero attached hydrogens (tertiary/aromatic N) is 1. The largest absolute Gasteiger partial charge is 0.493 e. The highest BCUT2D eigenvalue weighted by atomic mass is 79.9. The third kappa shape index (κ3) is 4.64. The summed E-state index contributed by atoms with van der Waals surface area (Å²) in [6.07, 6.45) is 3.15. The van der Waals surface area contributed by atoms with E-state index in [1.165, 1.54) is 0 Å². The monoisotopic (exact) mass is 561 g/mol. The third-order valence-electron chi connectivity index (χ3n) is 6.62. The van der Waals surface area contributed by atoms with Gasteiger partial charge in [0.2, 0.25) is 5.76 Å². The SMILES string of the molecule is CCCCCOc1ccc(C2c3c(oc4ccc(C)cc4c3=O)C(=O)N2c2cccc(Br)c2)cc1OC. The van der Waals surface area contributed by atoms with Gasteiger partial charge in [-0.25, -0.2) is 0 Å². The van der Waals surface area contributed by atoms with Crippen molar-refractivity contribution in [2.75, 3.05) is 18.6 Å². The first-order valence-corrected chi connectivity index (χ1v) is 13.2. The Bertz CT molecular complexity index is 1540. The van der Waals surface area contributed by atoms with E-state index in [0.717, 1.165) is 34.9 Å². The van der Waals surface area contributed by atoms with Gasteiger partial charge in [0.1, 0.15) is 5.58 Å². The van der Waals surface area contributed by atoms with E-state index >= 15 is 0 Å². The summed E-state index contributed by atoms with van der Waals surface area (Å²) < 4.78 is 18.5. The number of methoxy groups -OCH3 is 1. The standard InChI is InChI=1S/C30H28BrNO5/c1-4-5-6-14-36-24-13-11-19(16-25(24)35-3)27-26-28(33)22-15-18(2)10-12-23(22)37-29(26)30(34)32(27)21-9-7-8-20(31)17-21/h7-13,15-17,27H,4-6,14H2,1-3H3. The molecule has 1 aliphatic heterocycles. The molecule has 4 aromatic rings. The Kier molecular flexibility index (Phi) is 7.07. The minimum Gasteiger partial charge on any atom is -0.493 e. The predicted molar refractivity (Wildman–Crippen MR) is 148 cm³/mol. The molecule has 1 unspecified atom stereocenters. The van der Waals surface area contributed by atoms with Crippen LogP contribution in [-0.2, 0) is 0 Å². The van der Waals surface area contributed by atoms with Crippen molar-refractivity contribution in [2.45, 2.75) is 39.2 Å². The van der Waals surface area contributed by atoms with Gasteiger partial charge in [-0.05, 0) is 61.4 Å². The first-order valence-electron chi connectivity index (χ1n) is 12.4. The van der Waals surface area contributed by atoms with Gasteiger partial charge in [-0.15, -0.1) is 0 Å². The number of aryl methyl sites for hydroxylation is 1. The van der Waals surface area contributed by atoms with E-state index in [2.05, 4.69) is 22.9 Å². The number of halogens is 1. The second-order valence-corrected chi connectivity index (χ2v) is 10.1. The molecule has 0 fully saturated rings. The molecule has 0 N–H and O–H groups in total. The fourth-order valence-electron chi connectivity index (χ4n) is 4.80. The minimum absolute atomic E-state index is 0.0604. The van der Waals surface area contributed by atoms with E-state index in [0.29, 0.717) is 40.3 Å². The summed E-state index contributed by atoms with van der Waals surface area (Å²) in [6.45, 7) is 4.66. The molecule has 0 spiro atoms. The van der Waals surface area contributed by atoms with Crippen LogP contribution in [0.15, 0.2) is 74.3 Å². The summed E-state index contributed by atoms with van der Waals surface area (Å²) in [5.41, 5.74) is 2.82. The van der Waals surface area contributed by atoms with Crippen LogP contribution in [0.1, 0.15) is 59.5 Å². The van der Waals surface area contributed by atoms with Gasteiger partial charge in [-0.2, -0.15) is 0 Å². The van der Waals surface area contributed by atoms with Gasteiger partial charge in [0.25, 0.3) is 5.91 Å². The van der Waals surface area contributed by atoms with Crippen LogP contribution in [0.2, 0.25) is 0 Å². The lowest BCUT2D eigenvalue weighted by Crippen LogP contribution is -2.29. The molecular formula is C30H28BrNO5. The molecule has 2 heterocycles. The van der Waals surface area contributed by atoms with Crippen LogP contribution in [0, 0.1) is 6.92 Å². The van der Waals surface area contributed by atoms with E-state index in [1.54, 1.807) is 24.1 Å². The summed E-state index contributed by atoms with van der Waals surface area (Å²) in [5, 5.41) is 0.454. The van der Waals surface area contributed by atoms with Gasteiger partial charge >= 0.3 is 0 Å². The predicted octanol–water partition coefficient (Wildman–Crippen LogP) is 7.19. The van der Waals surface area contributed by atoms with E-state index in [-0.39, 0.29) is 17.1 Å². The Labute approximate surface area is 223 Å². The van der Waals surface area contributed by atoms with Crippen LogP contribution in [-0.4, -0.2) is 19.6 Å². The molecule has 1 atom stereocenters. The average Bonchev–Trinajstić information content (AvgIpc) is 3.19. The molecule has 0 aliphatic carbocycles. The van der Waals surface area contributed by atoms with E-state index in [1.807, 2.05) is 55.5 Å². The molecule has 0 saturated heterocycles. The molecule has 0 saturated carbocycles. The number of ether oxygens (including phenoxy) is 2. The van der Waals surface area contributed by atoms with Crippen LogP contribution in [0.4, 0.5) is 5.69 Å². The maximum atomic E-state index is 13.9. The van der Waals surface area contributed by atoms with E-state index in [9.17, 15) is 9.59 Å². The normalized spacial score (nSPS) is 14.8. The van der Waals surface area contributed by atoms with Crippen LogP contribution in [0.3, 0.4) is 0 Å². The second kappa shape index (κ2) is 10.4. The van der Waals surface area contributed by atoms with Gasteiger partial charge in [-0.1, -0.05) is 59.5 Å². The number of hydrogen-bond donors (Lipinski definition) is 0. The number of rotatable bonds is 8. The maximum Gasteiger partial charge on any atom is 0.295 e.